The summed E-state index contributed by atoms with van der Waals surface area (Å²) in [6, 6.07) is 15.5. The number of hydrogen-bond acceptors (Lipinski definition) is 3. The molecule has 150 valence electrons. The summed E-state index contributed by atoms with van der Waals surface area (Å²) in [7, 11) is 1.69. The molecule has 0 saturated heterocycles. The van der Waals surface area contributed by atoms with E-state index in [1.807, 2.05) is 54.7 Å². The second-order valence-corrected chi connectivity index (χ2v) is 7.57. The maximum Gasteiger partial charge on any atom is 0.252 e. The number of amides is 1. The summed E-state index contributed by atoms with van der Waals surface area (Å²) < 4.78 is 7.29. The topological polar surface area (TPSA) is 71.9 Å². The SMILES string of the molecule is COCCn1ccc2c(C(=O)N[C@H](c3nc4ccccc4[nH]3)C(C)C)cccc21. The predicted molar refractivity (Wildman–Crippen MR) is 115 cm³/mol. The van der Waals surface area contributed by atoms with Crippen molar-refractivity contribution in [2.45, 2.75) is 26.4 Å². The first-order valence-corrected chi connectivity index (χ1v) is 9.91. The molecule has 0 aliphatic rings. The van der Waals surface area contributed by atoms with E-state index < -0.39 is 0 Å². The van der Waals surface area contributed by atoms with Crippen LogP contribution < -0.4 is 5.32 Å². The first-order valence-electron chi connectivity index (χ1n) is 9.91. The molecule has 0 radical (unpaired) electrons. The van der Waals surface area contributed by atoms with Crippen LogP contribution in [-0.2, 0) is 11.3 Å². The van der Waals surface area contributed by atoms with Crippen LogP contribution in [0.4, 0.5) is 0 Å². The molecule has 1 atom stereocenters. The van der Waals surface area contributed by atoms with Crippen LogP contribution in [0, 0.1) is 5.92 Å². The molecule has 0 aliphatic heterocycles. The summed E-state index contributed by atoms with van der Waals surface area (Å²) >= 11 is 0. The highest BCUT2D eigenvalue weighted by molar-refractivity contribution is 6.06. The Morgan fingerprint density at radius 1 is 1.17 bits per heavy atom. The van der Waals surface area contributed by atoms with Crippen molar-refractivity contribution < 1.29 is 9.53 Å². The Kier molecular flexibility index (Phi) is 5.36. The van der Waals surface area contributed by atoms with Crippen LogP contribution in [0.15, 0.2) is 54.7 Å². The van der Waals surface area contributed by atoms with Crippen LogP contribution >= 0.6 is 0 Å². The van der Waals surface area contributed by atoms with E-state index in [0.717, 1.165) is 34.3 Å². The van der Waals surface area contributed by atoms with Crippen molar-refractivity contribution in [1.82, 2.24) is 19.9 Å². The third kappa shape index (κ3) is 3.76. The molecule has 6 nitrogen and oxygen atoms in total. The summed E-state index contributed by atoms with van der Waals surface area (Å²) in [6.45, 7) is 5.54. The van der Waals surface area contributed by atoms with Gasteiger partial charge in [-0.05, 0) is 36.2 Å². The Morgan fingerprint density at radius 3 is 2.76 bits per heavy atom. The summed E-state index contributed by atoms with van der Waals surface area (Å²) in [5, 5.41) is 4.13. The molecule has 0 spiro atoms. The van der Waals surface area contributed by atoms with Gasteiger partial charge in [-0.25, -0.2) is 4.98 Å². The monoisotopic (exact) mass is 390 g/mol. The Balaban J connectivity index is 1.64. The lowest BCUT2D eigenvalue weighted by Crippen LogP contribution is -2.32. The largest absolute Gasteiger partial charge is 0.383 e. The number of carbonyl (C=O) groups is 1. The number of hydrogen-bond donors (Lipinski definition) is 2. The number of para-hydroxylation sites is 2. The molecule has 2 aromatic carbocycles. The first kappa shape index (κ1) is 19.2. The van der Waals surface area contributed by atoms with E-state index in [0.29, 0.717) is 12.2 Å². The number of methoxy groups -OCH3 is 1. The van der Waals surface area contributed by atoms with Crippen LogP contribution in [-0.4, -0.2) is 34.2 Å². The van der Waals surface area contributed by atoms with Gasteiger partial charge in [0.2, 0.25) is 0 Å². The molecule has 2 aromatic heterocycles. The van der Waals surface area contributed by atoms with E-state index in [9.17, 15) is 4.79 Å². The summed E-state index contributed by atoms with van der Waals surface area (Å²) in [5.41, 5.74) is 3.57. The van der Waals surface area contributed by atoms with E-state index in [2.05, 4.69) is 28.7 Å². The average molecular weight is 390 g/mol. The van der Waals surface area contributed by atoms with E-state index in [1.165, 1.54) is 0 Å². The molecule has 2 N–H and O–H groups in total. The molecule has 0 unspecified atom stereocenters. The van der Waals surface area contributed by atoms with E-state index in [1.54, 1.807) is 7.11 Å². The van der Waals surface area contributed by atoms with Crippen molar-refractivity contribution >= 4 is 27.8 Å². The van der Waals surface area contributed by atoms with Gasteiger partial charge in [-0.1, -0.05) is 32.0 Å². The highest BCUT2D eigenvalue weighted by atomic mass is 16.5. The second-order valence-electron chi connectivity index (χ2n) is 7.57. The van der Waals surface area contributed by atoms with Gasteiger partial charge in [0, 0.05) is 36.3 Å². The zero-order chi connectivity index (χ0) is 20.4. The maximum absolute atomic E-state index is 13.2. The number of aromatic nitrogens is 3. The van der Waals surface area contributed by atoms with Crippen LogP contribution in [0.1, 0.15) is 36.1 Å². The molecule has 4 aromatic rings. The Hall–Kier alpha value is -3.12. The van der Waals surface area contributed by atoms with Gasteiger partial charge in [0.15, 0.2) is 0 Å². The van der Waals surface area contributed by atoms with Gasteiger partial charge in [-0.2, -0.15) is 0 Å². The van der Waals surface area contributed by atoms with Gasteiger partial charge in [-0.15, -0.1) is 0 Å². The third-order valence-electron chi connectivity index (χ3n) is 5.25. The van der Waals surface area contributed by atoms with E-state index in [-0.39, 0.29) is 17.9 Å². The number of aromatic amines is 1. The lowest BCUT2D eigenvalue weighted by atomic mass is 10.0. The number of nitrogens with zero attached hydrogens (tertiary/aromatic N) is 2. The highest BCUT2D eigenvalue weighted by Gasteiger charge is 2.23. The second kappa shape index (κ2) is 8.09. The lowest BCUT2D eigenvalue weighted by molar-refractivity contribution is 0.0925. The van der Waals surface area contributed by atoms with Crippen molar-refractivity contribution in [3.8, 4) is 0 Å². The standard InChI is InChI=1S/C23H26N4O2/c1-15(2)21(22-24-18-8-4-5-9-19(18)25-22)26-23(28)17-7-6-10-20-16(17)11-12-27(20)13-14-29-3/h4-12,15,21H,13-14H2,1-3H3,(H,24,25)(H,26,28)/t21-/m0/s1. The van der Waals surface area contributed by atoms with Gasteiger partial charge >= 0.3 is 0 Å². The minimum absolute atomic E-state index is 0.0979. The van der Waals surface area contributed by atoms with Crippen molar-refractivity contribution in [2.24, 2.45) is 5.92 Å². The molecule has 6 heteroatoms. The summed E-state index contributed by atoms with van der Waals surface area (Å²) in [4.78, 5) is 21.2. The molecule has 29 heavy (non-hydrogen) atoms. The Morgan fingerprint density at radius 2 is 2.00 bits per heavy atom. The number of nitrogens with one attached hydrogen (secondary N) is 2. The molecule has 2 heterocycles. The molecular weight excluding hydrogens is 364 g/mol. The average Bonchev–Trinajstić information content (AvgIpc) is 3.33. The molecule has 0 fully saturated rings. The smallest absolute Gasteiger partial charge is 0.252 e. The zero-order valence-corrected chi connectivity index (χ0v) is 17.0. The van der Waals surface area contributed by atoms with Crippen molar-refractivity contribution in [1.29, 1.82) is 0 Å². The first-order chi connectivity index (χ1) is 14.1. The molecule has 4 rings (SSSR count). The molecule has 0 bridgehead atoms. The fourth-order valence-electron chi connectivity index (χ4n) is 3.70. The summed E-state index contributed by atoms with van der Waals surface area (Å²) in [5.74, 6) is 0.864. The minimum Gasteiger partial charge on any atom is -0.383 e. The normalized spacial score (nSPS) is 12.7. The number of H-pyrrole nitrogens is 1. The number of imidazole rings is 1. The highest BCUT2D eigenvalue weighted by Crippen LogP contribution is 2.25. The predicted octanol–water partition coefficient (Wildman–Crippen LogP) is 4.29. The quantitative estimate of drug-likeness (QED) is 0.494. The minimum atomic E-state index is -0.208. The number of fused-ring (bicyclic) bond motifs is 2. The van der Waals surface area contributed by atoms with Crippen molar-refractivity contribution in [3.05, 3.63) is 66.1 Å². The number of benzene rings is 2. The Bertz CT molecular complexity index is 1110. The fourth-order valence-corrected chi connectivity index (χ4v) is 3.70. The van der Waals surface area contributed by atoms with Crippen LogP contribution in [0.3, 0.4) is 0 Å². The van der Waals surface area contributed by atoms with Gasteiger partial charge in [-0.3, -0.25) is 4.79 Å². The Labute approximate surface area is 169 Å². The van der Waals surface area contributed by atoms with Gasteiger partial charge < -0.3 is 19.6 Å². The molecular formula is C23H26N4O2. The van der Waals surface area contributed by atoms with Gasteiger partial charge in [0.25, 0.3) is 5.91 Å². The fraction of sp³-hybridized carbons (Fsp3) is 0.304. The van der Waals surface area contributed by atoms with Crippen LogP contribution in [0.5, 0.6) is 0 Å². The molecule has 0 saturated carbocycles. The number of rotatable bonds is 7. The lowest BCUT2D eigenvalue weighted by Gasteiger charge is -2.20. The van der Waals surface area contributed by atoms with Gasteiger partial charge in [0.05, 0.1) is 23.7 Å². The summed E-state index contributed by atoms with van der Waals surface area (Å²) in [6.07, 6.45) is 2.00. The van der Waals surface area contributed by atoms with Crippen molar-refractivity contribution in [2.75, 3.05) is 13.7 Å². The van der Waals surface area contributed by atoms with E-state index >= 15 is 0 Å². The third-order valence-corrected chi connectivity index (χ3v) is 5.25. The zero-order valence-electron chi connectivity index (χ0n) is 17.0. The molecule has 1 amide bonds. The number of carbonyl (C=O) groups excluding carboxylic acids is 1. The molecule has 0 aliphatic carbocycles. The number of ether oxygens (including phenoxy) is 1. The van der Waals surface area contributed by atoms with Crippen LogP contribution in [0.2, 0.25) is 0 Å². The van der Waals surface area contributed by atoms with E-state index in [4.69, 9.17) is 9.72 Å². The maximum atomic E-state index is 13.2. The van der Waals surface area contributed by atoms with Crippen molar-refractivity contribution in [3.63, 3.8) is 0 Å². The van der Waals surface area contributed by atoms with Crippen LogP contribution in [0.25, 0.3) is 21.9 Å². The van der Waals surface area contributed by atoms with Gasteiger partial charge in [0.1, 0.15) is 5.82 Å².